The zero-order chi connectivity index (χ0) is 23.9. The van der Waals surface area contributed by atoms with E-state index in [1.54, 1.807) is 24.5 Å². The molecular formula is C28H30N4O2. The maximum Gasteiger partial charge on any atom is 0.120 e. The Labute approximate surface area is 200 Å². The predicted octanol–water partition coefficient (Wildman–Crippen LogP) is 5.22. The van der Waals surface area contributed by atoms with E-state index in [1.807, 2.05) is 62.4 Å². The Balaban J connectivity index is 1.64. The molecule has 2 aromatic carbocycles. The van der Waals surface area contributed by atoms with Gasteiger partial charge >= 0.3 is 0 Å². The van der Waals surface area contributed by atoms with E-state index >= 15 is 0 Å². The highest BCUT2D eigenvalue weighted by atomic mass is 16.3. The van der Waals surface area contributed by atoms with E-state index < -0.39 is 0 Å². The van der Waals surface area contributed by atoms with E-state index in [-0.39, 0.29) is 11.5 Å². The lowest BCUT2D eigenvalue weighted by Crippen LogP contribution is -2.35. The summed E-state index contributed by atoms with van der Waals surface area (Å²) in [7, 11) is 0. The first-order valence-electron chi connectivity index (χ1n) is 11.4. The summed E-state index contributed by atoms with van der Waals surface area (Å²) in [6.07, 6.45) is 3.58. The lowest BCUT2D eigenvalue weighted by atomic mass is 10.1. The van der Waals surface area contributed by atoms with Gasteiger partial charge in [0, 0.05) is 49.7 Å². The van der Waals surface area contributed by atoms with Crippen LogP contribution in [0.25, 0.3) is 0 Å². The van der Waals surface area contributed by atoms with Crippen molar-refractivity contribution in [1.82, 2.24) is 9.97 Å². The molecule has 0 bridgehead atoms. The summed E-state index contributed by atoms with van der Waals surface area (Å²) < 4.78 is 0. The van der Waals surface area contributed by atoms with Crippen LogP contribution in [-0.2, 0) is 13.1 Å². The number of phenols is 2. The van der Waals surface area contributed by atoms with E-state index in [0.29, 0.717) is 26.2 Å². The van der Waals surface area contributed by atoms with Crippen molar-refractivity contribution in [3.8, 4) is 11.5 Å². The molecule has 0 radical (unpaired) electrons. The quantitative estimate of drug-likeness (QED) is 0.361. The van der Waals surface area contributed by atoms with Crippen LogP contribution in [0.1, 0.15) is 22.5 Å². The Morgan fingerprint density at radius 2 is 1.00 bits per heavy atom. The number of hydrogen-bond acceptors (Lipinski definition) is 6. The van der Waals surface area contributed by atoms with Gasteiger partial charge in [0.1, 0.15) is 11.5 Å². The summed E-state index contributed by atoms with van der Waals surface area (Å²) in [5, 5.41) is 20.8. The van der Waals surface area contributed by atoms with Gasteiger partial charge in [-0.15, -0.1) is 0 Å². The molecular weight excluding hydrogens is 424 g/mol. The van der Waals surface area contributed by atoms with Crippen molar-refractivity contribution >= 4 is 11.4 Å². The lowest BCUT2D eigenvalue weighted by Gasteiger charge is -2.32. The predicted molar refractivity (Wildman–Crippen MR) is 136 cm³/mol. The fourth-order valence-electron chi connectivity index (χ4n) is 4.13. The summed E-state index contributed by atoms with van der Waals surface area (Å²) in [5.74, 6) is 0.562. The van der Waals surface area contributed by atoms with Crippen LogP contribution in [0.4, 0.5) is 11.4 Å². The number of hydrogen-bond donors (Lipinski definition) is 2. The van der Waals surface area contributed by atoms with Gasteiger partial charge in [0.15, 0.2) is 0 Å². The molecule has 0 unspecified atom stereocenters. The maximum absolute atomic E-state index is 10.4. The molecule has 0 saturated carbocycles. The summed E-state index contributed by atoms with van der Waals surface area (Å²) in [6, 6.07) is 22.8. The second-order valence-corrected chi connectivity index (χ2v) is 8.32. The average molecular weight is 455 g/mol. The van der Waals surface area contributed by atoms with E-state index in [4.69, 9.17) is 0 Å². The van der Waals surface area contributed by atoms with Gasteiger partial charge in [-0.05, 0) is 50.2 Å². The minimum atomic E-state index is 0.281. The van der Waals surface area contributed by atoms with Crippen molar-refractivity contribution in [2.24, 2.45) is 0 Å². The van der Waals surface area contributed by atoms with Crippen LogP contribution in [0.2, 0.25) is 0 Å². The van der Waals surface area contributed by atoms with Gasteiger partial charge in [0.05, 0.1) is 22.8 Å². The third-order valence-corrected chi connectivity index (χ3v) is 5.98. The highest BCUT2D eigenvalue weighted by molar-refractivity contribution is 5.54. The van der Waals surface area contributed by atoms with Crippen molar-refractivity contribution in [2.45, 2.75) is 26.9 Å². The molecule has 2 heterocycles. The largest absolute Gasteiger partial charge is 0.508 e. The molecule has 2 N–H and O–H groups in total. The van der Waals surface area contributed by atoms with E-state index in [0.717, 1.165) is 33.9 Å². The molecule has 0 saturated heterocycles. The standard InChI is InChI=1S/C28H30N4O2/c1-21-25(11-7-15-29-21)31(19-23-9-3-5-13-27(23)33)17-18-32(26-12-8-16-30-22(26)2)20-24-10-4-6-14-28(24)34/h3-16,33-34H,17-20H2,1-2H3. The van der Waals surface area contributed by atoms with Crippen LogP contribution in [0.15, 0.2) is 85.2 Å². The molecule has 0 atom stereocenters. The van der Waals surface area contributed by atoms with Gasteiger partial charge in [-0.25, -0.2) is 0 Å². The molecule has 0 fully saturated rings. The first kappa shape index (κ1) is 23.1. The van der Waals surface area contributed by atoms with E-state index in [2.05, 4.69) is 31.9 Å². The van der Waals surface area contributed by atoms with Gasteiger partial charge in [0.25, 0.3) is 0 Å². The molecule has 0 spiro atoms. The van der Waals surface area contributed by atoms with Crippen LogP contribution in [0.5, 0.6) is 11.5 Å². The Morgan fingerprint density at radius 1 is 0.588 bits per heavy atom. The van der Waals surface area contributed by atoms with Gasteiger partial charge in [-0.1, -0.05) is 36.4 Å². The second-order valence-electron chi connectivity index (χ2n) is 8.32. The van der Waals surface area contributed by atoms with Crippen LogP contribution in [0.3, 0.4) is 0 Å². The van der Waals surface area contributed by atoms with Gasteiger partial charge < -0.3 is 20.0 Å². The van der Waals surface area contributed by atoms with Crippen molar-refractivity contribution in [3.63, 3.8) is 0 Å². The number of pyridine rings is 2. The normalized spacial score (nSPS) is 10.8. The minimum absolute atomic E-state index is 0.281. The molecule has 0 aliphatic rings. The Kier molecular flexibility index (Phi) is 7.28. The number of benzene rings is 2. The monoisotopic (exact) mass is 454 g/mol. The number of anilines is 2. The Bertz CT molecular complexity index is 1150. The fourth-order valence-corrected chi connectivity index (χ4v) is 4.13. The number of aromatic nitrogens is 2. The highest BCUT2D eigenvalue weighted by Gasteiger charge is 2.17. The SMILES string of the molecule is Cc1ncccc1N(CCN(Cc1ccccc1O)c1cccnc1C)Cc1ccccc1O. The van der Waals surface area contributed by atoms with Crippen molar-refractivity contribution < 1.29 is 10.2 Å². The van der Waals surface area contributed by atoms with Gasteiger partial charge in [-0.2, -0.15) is 0 Å². The van der Waals surface area contributed by atoms with Crippen LogP contribution >= 0.6 is 0 Å². The summed E-state index contributed by atoms with van der Waals surface area (Å²) in [5.41, 5.74) is 5.63. The number of rotatable bonds is 9. The molecule has 4 aromatic rings. The number of para-hydroxylation sites is 2. The Morgan fingerprint density at radius 3 is 1.38 bits per heavy atom. The van der Waals surface area contributed by atoms with Gasteiger partial charge in [-0.3, -0.25) is 9.97 Å². The zero-order valence-electron chi connectivity index (χ0n) is 19.6. The van der Waals surface area contributed by atoms with E-state index in [1.165, 1.54) is 0 Å². The minimum Gasteiger partial charge on any atom is -0.508 e. The molecule has 2 aromatic heterocycles. The zero-order valence-corrected chi connectivity index (χ0v) is 19.6. The summed E-state index contributed by atoms with van der Waals surface area (Å²) in [4.78, 5) is 13.4. The van der Waals surface area contributed by atoms with E-state index in [9.17, 15) is 10.2 Å². The number of aryl methyl sites for hydroxylation is 2. The lowest BCUT2D eigenvalue weighted by molar-refractivity contribution is 0.465. The summed E-state index contributed by atoms with van der Waals surface area (Å²) in [6.45, 7) is 6.47. The Hall–Kier alpha value is -4.06. The van der Waals surface area contributed by atoms with Crippen LogP contribution < -0.4 is 9.80 Å². The first-order valence-corrected chi connectivity index (χ1v) is 11.4. The second kappa shape index (κ2) is 10.7. The van der Waals surface area contributed by atoms with Crippen molar-refractivity contribution in [2.75, 3.05) is 22.9 Å². The molecule has 0 aliphatic carbocycles. The number of aromatic hydroxyl groups is 2. The first-order chi connectivity index (χ1) is 16.5. The number of phenolic OH excluding ortho intramolecular Hbond substituents is 2. The summed E-state index contributed by atoms with van der Waals surface area (Å²) >= 11 is 0. The van der Waals surface area contributed by atoms with Crippen LogP contribution in [0, 0.1) is 13.8 Å². The smallest absolute Gasteiger partial charge is 0.120 e. The molecule has 0 aliphatic heterocycles. The average Bonchev–Trinajstić information content (AvgIpc) is 2.84. The number of nitrogens with zero attached hydrogens (tertiary/aromatic N) is 4. The fraction of sp³-hybridized carbons (Fsp3) is 0.214. The molecule has 4 rings (SSSR count). The molecule has 6 heteroatoms. The highest BCUT2D eigenvalue weighted by Crippen LogP contribution is 2.27. The van der Waals surface area contributed by atoms with Crippen molar-refractivity contribution in [1.29, 1.82) is 0 Å². The van der Waals surface area contributed by atoms with Gasteiger partial charge in [0.2, 0.25) is 0 Å². The third kappa shape index (κ3) is 5.46. The molecule has 34 heavy (non-hydrogen) atoms. The van der Waals surface area contributed by atoms with Crippen LogP contribution in [-0.4, -0.2) is 33.3 Å². The van der Waals surface area contributed by atoms with Crippen molar-refractivity contribution in [3.05, 3.63) is 108 Å². The molecule has 6 nitrogen and oxygen atoms in total. The third-order valence-electron chi connectivity index (χ3n) is 5.98. The molecule has 0 amide bonds. The topological polar surface area (TPSA) is 72.7 Å². The maximum atomic E-state index is 10.4. The molecule has 174 valence electrons.